The minimum atomic E-state index is -1.10. The molecule has 0 unspecified atom stereocenters. The van der Waals surface area contributed by atoms with Crippen LogP contribution >= 0.6 is 0 Å². The molecule has 2 fully saturated rings. The van der Waals surface area contributed by atoms with Crippen LogP contribution in [0.15, 0.2) is 30.5 Å². The maximum Gasteiger partial charge on any atom is 0.237 e. The molecule has 4 rings (SSSR count). The molecule has 1 aromatic carbocycles. The van der Waals surface area contributed by atoms with Gasteiger partial charge in [0.15, 0.2) is 0 Å². The number of methoxy groups -OCH3 is 1. The lowest BCUT2D eigenvalue weighted by Crippen LogP contribution is -2.46. The van der Waals surface area contributed by atoms with Crippen molar-refractivity contribution in [3.8, 4) is 11.8 Å². The van der Waals surface area contributed by atoms with Gasteiger partial charge in [0.2, 0.25) is 5.91 Å². The highest BCUT2D eigenvalue weighted by Crippen LogP contribution is 2.28. The first-order valence-corrected chi connectivity index (χ1v) is 10.3. The van der Waals surface area contributed by atoms with E-state index in [1.165, 1.54) is 4.90 Å². The number of fused-ring (bicyclic) bond motifs is 1. The molecule has 0 radical (unpaired) electrons. The molecule has 30 heavy (non-hydrogen) atoms. The summed E-state index contributed by atoms with van der Waals surface area (Å²) in [5, 5.41) is 13.8. The number of pyridine rings is 1. The van der Waals surface area contributed by atoms with Crippen LogP contribution in [0.25, 0.3) is 10.9 Å². The minimum Gasteiger partial charge on any atom is -0.495 e. The lowest BCUT2D eigenvalue weighted by Gasteiger charge is -2.33. The second kappa shape index (κ2) is 8.84. The SMILES string of the molecule is COc1cnc2cccc(NC3CCN(CC(=O)N4C[C@@H](F)C[C@H]4C#N)CC3)c2c1. The zero-order valence-corrected chi connectivity index (χ0v) is 17.1. The number of piperidine rings is 1. The van der Waals surface area contributed by atoms with Gasteiger partial charge in [0.1, 0.15) is 18.0 Å². The van der Waals surface area contributed by atoms with Crippen LogP contribution in [0.2, 0.25) is 0 Å². The first-order chi connectivity index (χ1) is 14.6. The number of nitrogens with one attached hydrogen (secondary N) is 1. The number of carbonyl (C=O) groups is 1. The molecule has 0 saturated carbocycles. The Morgan fingerprint density at radius 3 is 2.93 bits per heavy atom. The molecule has 2 saturated heterocycles. The van der Waals surface area contributed by atoms with Crippen molar-refractivity contribution in [2.75, 3.05) is 38.6 Å². The summed E-state index contributed by atoms with van der Waals surface area (Å²) in [4.78, 5) is 20.5. The lowest BCUT2D eigenvalue weighted by molar-refractivity contribution is -0.132. The van der Waals surface area contributed by atoms with Gasteiger partial charge in [0.25, 0.3) is 0 Å². The van der Waals surface area contributed by atoms with Crippen LogP contribution in [0, 0.1) is 11.3 Å². The first-order valence-electron chi connectivity index (χ1n) is 10.3. The second-order valence-corrected chi connectivity index (χ2v) is 7.97. The number of nitrogens with zero attached hydrogens (tertiary/aromatic N) is 4. The summed E-state index contributed by atoms with van der Waals surface area (Å²) in [6.45, 7) is 1.83. The molecule has 0 bridgehead atoms. The van der Waals surface area contributed by atoms with E-state index in [9.17, 15) is 9.18 Å². The highest BCUT2D eigenvalue weighted by Gasteiger charge is 2.36. The number of benzene rings is 1. The number of halogens is 1. The van der Waals surface area contributed by atoms with Crippen molar-refractivity contribution in [1.29, 1.82) is 5.26 Å². The van der Waals surface area contributed by atoms with Gasteiger partial charge >= 0.3 is 0 Å². The third-order valence-electron chi connectivity index (χ3n) is 5.96. The monoisotopic (exact) mass is 411 g/mol. The molecule has 1 N–H and O–H groups in total. The number of likely N-dealkylation sites (tertiary alicyclic amines) is 2. The molecule has 8 heteroatoms. The van der Waals surface area contributed by atoms with E-state index in [1.54, 1.807) is 13.3 Å². The Balaban J connectivity index is 1.34. The van der Waals surface area contributed by atoms with Crippen molar-refractivity contribution in [3.05, 3.63) is 30.5 Å². The predicted molar refractivity (Wildman–Crippen MR) is 112 cm³/mol. The predicted octanol–water partition coefficient (Wildman–Crippen LogP) is 2.58. The Morgan fingerprint density at radius 1 is 1.40 bits per heavy atom. The summed E-state index contributed by atoms with van der Waals surface area (Å²) in [7, 11) is 1.63. The average Bonchev–Trinajstić information content (AvgIpc) is 3.16. The van der Waals surface area contributed by atoms with Crippen molar-refractivity contribution in [1.82, 2.24) is 14.8 Å². The van der Waals surface area contributed by atoms with Crippen molar-refractivity contribution in [2.24, 2.45) is 0 Å². The first kappa shape index (κ1) is 20.4. The number of amides is 1. The van der Waals surface area contributed by atoms with E-state index in [-0.39, 0.29) is 25.4 Å². The van der Waals surface area contributed by atoms with Crippen LogP contribution < -0.4 is 10.1 Å². The van der Waals surface area contributed by atoms with Gasteiger partial charge in [-0.05, 0) is 31.0 Å². The maximum absolute atomic E-state index is 13.6. The quantitative estimate of drug-likeness (QED) is 0.815. The van der Waals surface area contributed by atoms with Crippen LogP contribution in [0.3, 0.4) is 0 Å². The summed E-state index contributed by atoms with van der Waals surface area (Å²) >= 11 is 0. The number of carbonyl (C=O) groups excluding carboxylic acids is 1. The van der Waals surface area contributed by atoms with Crippen LogP contribution in [0.1, 0.15) is 19.3 Å². The van der Waals surface area contributed by atoms with Gasteiger partial charge < -0.3 is 15.0 Å². The number of nitriles is 1. The number of ether oxygens (including phenoxy) is 1. The zero-order valence-electron chi connectivity index (χ0n) is 17.1. The van der Waals surface area contributed by atoms with E-state index >= 15 is 0 Å². The van der Waals surface area contributed by atoms with E-state index in [2.05, 4.69) is 15.2 Å². The smallest absolute Gasteiger partial charge is 0.237 e. The van der Waals surface area contributed by atoms with Gasteiger partial charge in [-0.15, -0.1) is 0 Å². The standard InChI is InChI=1S/C22H26FN5O2/c1-30-18-10-19-20(25-12-18)3-2-4-21(19)26-16-5-7-27(8-6-16)14-22(29)28-13-15(23)9-17(28)11-24/h2-4,10,12,15-17,26H,5-9,13-14H2,1H3/t15-,17-/m0/s1. The normalized spacial score (nSPS) is 22.8. The fourth-order valence-corrected chi connectivity index (χ4v) is 4.29. The molecule has 1 amide bonds. The Bertz CT molecular complexity index is 954. The molecular weight excluding hydrogens is 385 g/mol. The van der Waals surface area contributed by atoms with Crippen LogP contribution in [0.4, 0.5) is 10.1 Å². The molecular formula is C22H26FN5O2. The molecule has 3 heterocycles. The van der Waals surface area contributed by atoms with Gasteiger partial charge in [-0.1, -0.05) is 6.07 Å². The Labute approximate surface area is 175 Å². The number of hydrogen-bond acceptors (Lipinski definition) is 6. The van der Waals surface area contributed by atoms with E-state index in [0.29, 0.717) is 6.04 Å². The summed E-state index contributed by atoms with van der Waals surface area (Å²) in [5.74, 6) is 0.568. The number of rotatable bonds is 5. The minimum absolute atomic E-state index is 0.0354. The Kier molecular flexibility index (Phi) is 6.00. The summed E-state index contributed by atoms with van der Waals surface area (Å²) in [5.41, 5.74) is 1.93. The Morgan fingerprint density at radius 2 is 2.20 bits per heavy atom. The summed E-state index contributed by atoms with van der Waals surface area (Å²) in [6.07, 6.45) is 2.54. The summed E-state index contributed by atoms with van der Waals surface area (Å²) in [6, 6.07) is 9.69. The largest absolute Gasteiger partial charge is 0.495 e. The van der Waals surface area contributed by atoms with Crippen molar-refractivity contribution >= 4 is 22.5 Å². The molecule has 2 aliphatic rings. The highest BCUT2D eigenvalue weighted by atomic mass is 19.1. The molecule has 2 atom stereocenters. The summed E-state index contributed by atoms with van der Waals surface area (Å²) < 4.78 is 18.9. The zero-order chi connectivity index (χ0) is 21.1. The van der Waals surface area contributed by atoms with Crippen molar-refractivity contribution in [2.45, 2.75) is 37.5 Å². The van der Waals surface area contributed by atoms with E-state index < -0.39 is 12.2 Å². The number of anilines is 1. The van der Waals surface area contributed by atoms with E-state index in [4.69, 9.17) is 10.00 Å². The second-order valence-electron chi connectivity index (χ2n) is 7.97. The van der Waals surface area contributed by atoms with Crippen LogP contribution in [-0.4, -0.2) is 72.2 Å². The molecule has 0 aliphatic carbocycles. The van der Waals surface area contributed by atoms with Crippen molar-refractivity contribution < 1.29 is 13.9 Å². The number of aromatic nitrogens is 1. The lowest BCUT2D eigenvalue weighted by atomic mass is 10.0. The van der Waals surface area contributed by atoms with Gasteiger partial charge in [-0.3, -0.25) is 14.7 Å². The van der Waals surface area contributed by atoms with Gasteiger partial charge in [0, 0.05) is 36.6 Å². The molecule has 7 nitrogen and oxygen atoms in total. The molecule has 1 aromatic heterocycles. The molecule has 2 aliphatic heterocycles. The maximum atomic E-state index is 13.6. The van der Waals surface area contributed by atoms with E-state index in [0.717, 1.165) is 48.3 Å². The topological polar surface area (TPSA) is 81.5 Å². The van der Waals surface area contributed by atoms with Gasteiger partial charge in [-0.2, -0.15) is 5.26 Å². The van der Waals surface area contributed by atoms with Gasteiger partial charge in [-0.25, -0.2) is 4.39 Å². The van der Waals surface area contributed by atoms with Crippen LogP contribution in [0.5, 0.6) is 5.75 Å². The highest BCUT2D eigenvalue weighted by molar-refractivity contribution is 5.92. The van der Waals surface area contributed by atoms with Gasteiger partial charge in [0.05, 0.1) is 38.0 Å². The fourth-order valence-electron chi connectivity index (χ4n) is 4.29. The number of alkyl halides is 1. The Hall–Kier alpha value is -2.92. The molecule has 158 valence electrons. The average molecular weight is 411 g/mol. The van der Waals surface area contributed by atoms with Crippen molar-refractivity contribution in [3.63, 3.8) is 0 Å². The fraction of sp³-hybridized carbons (Fsp3) is 0.500. The molecule has 2 aromatic rings. The van der Waals surface area contributed by atoms with Crippen LogP contribution in [-0.2, 0) is 4.79 Å². The molecule has 0 spiro atoms. The number of hydrogen-bond donors (Lipinski definition) is 1. The third-order valence-corrected chi connectivity index (χ3v) is 5.96. The third kappa shape index (κ3) is 4.31. The van der Waals surface area contributed by atoms with E-state index in [1.807, 2.05) is 30.3 Å².